The van der Waals surface area contributed by atoms with Crippen molar-refractivity contribution in [3.05, 3.63) is 72.9 Å². The van der Waals surface area contributed by atoms with Crippen LogP contribution in [0.5, 0.6) is 0 Å². The van der Waals surface area contributed by atoms with E-state index in [0.29, 0.717) is 19.3 Å². The lowest BCUT2D eigenvalue weighted by molar-refractivity contribution is -0.166. The van der Waals surface area contributed by atoms with Gasteiger partial charge in [-0.2, -0.15) is 0 Å². The Morgan fingerprint density at radius 3 is 1.05 bits per heavy atom. The van der Waals surface area contributed by atoms with Gasteiger partial charge in [0.2, 0.25) is 0 Å². The number of ether oxygens (including phenoxy) is 3. The van der Waals surface area contributed by atoms with Gasteiger partial charge in [0.25, 0.3) is 0 Å². The summed E-state index contributed by atoms with van der Waals surface area (Å²) in [6.07, 6.45) is 64.7. The molecule has 0 N–H and O–H groups in total. The number of hydrogen-bond acceptors (Lipinski definition) is 6. The minimum Gasteiger partial charge on any atom is -0.462 e. The van der Waals surface area contributed by atoms with Gasteiger partial charge in [-0.25, -0.2) is 0 Å². The van der Waals surface area contributed by atoms with Crippen molar-refractivity contribution in [1.29, 1.82) is 0 Å². The molecule has 0 aromatic heterocycles. The summed E-state index contributed by atoms with van der Waals surface area (Å²) in [6, 6.07) is 0. The van der Waals surface area contributed by atoms with Crippen LogP contribution in [0.25, 0.3) is 0 Å². The smallest absolute Gasteiger partial charge is 0.306 e. The molecule has 0 aliphatic carbocycles. The first-order valence-electron chi connectivity index (χ1n) is 26.4. The molecule has 6 nitrogen and oxygen atoms in total. The highest BCUT2D eigenvalue weighted by molar-refractivity contribution is 5.71. The summed E-state index contributed by atoms with van der Waals surface area (Å²) < 4.78 is 16.7. The largest absolute Gasteiger partial charge is 0.462 e. The highest BCUT2D eigenvalue weighted by Crippen LogP contribution is 2.14. The second-order valence-corrected chi connectivity index (χ2v) is 17.4. The maximum Gasteiger partial charge on any atom is 0.306 e. The number of unbranched alkanes of at least 4 members (excludes halogenated alkanes) is 24. The van der Waals surface area contributed by atoms with Crippen molar-refractivity contribution in [3.63, 3.8) is 0 Å². The van der Waals surface area contributed by atoms with Crippen LogP contribution in [0, 0.1) is 0 Å². The van der Waals surface area contributed by atoms with Gasteiger partial charge in [-0.15, -0.1) is 0 Å². The maximum atomic E-state index is 12.8. The van der Waals surface area contributed by atoms with Crippen LogP contribution in [0.1, 0.15) is 252 Å². The van der Waals surface area contributed by atoms with Crippen LogP contribution >= 0.6 is 0 Å². The molecule has 0 fully saturated rings. The molecule has 0 radical (unpaired) electrons. The Morgan fingerprint density at radius 1 is 0.317 bits per heavy atom. The van der Waals surface area contributed by atoms with E-state index in [1.807, 2.05) is 6.08 Å². The number of allylic oxidation sites excluding steroid dienone is 12. The minimum atomic E-state index is -0.804. The van der Waals surface area contributed by atoms with Gasteiger partial charge in [-0.3, -0.25) is 14.4 Å². The summed E-state index contributed by atoms with van der Waals surface area (Å²) in [6.45, 7) is 6.53. The molecule has 63 heavy (non-hydrogen) atoms. The summed E-state index contributed by atoms with van der Waals surface area (Å²) in [4.78, 5) is 37.9. The van der Waals surface area contributed by atoms with Gasteiger partial charge >= 0.3 is 17.9 Å². The Labute approximate surface area is 389 Å². The molecule has 0 heterocycles. The van der Waals surface area contributed by atoms with E-state index in [1.54, 1.807) is 0 Å². The molecule has 0 saturated carbocycles. The maximum absolute atomic E-state index is 12.8. The molecule has 0 amide bonds. The normalized spacial score (nSPS) is 12.6. The van der Waals surface area contributed by atoms with Crippen molar-refractivity contribution in [2.24, 2.45) is 0 Å². The Morgan fingerprint density at radius 2 is 0.603 bits per heavy atom. The van der Waals surface area contributed by atoms with Gasteiger partial charge in [-0.1, -0.05) is 222 Å². The molecule has 362 valence electrons. The van der Waals surface area contributed by atoms with Crippen molar-refractivity contribution in [3.8, 4) is 0 Å². The quantitative estimate of drug-likeness (QED) is 0.0262. The van der Waals surface area contributed by atoms with Crippen LogP contribution < -0.4 is 0 Å². The first kappa shape index (κ1) is 59.9. The lowest BCUT2D eigenvalue weighted by atomic mass is 10.1. The lowest BCUT2D eigenvalue weighted by Crippen LogP contribution is -2.30. The first-order chi connectivity index (χ1) is 31.0. The molecule has 0 bridgehead atoms. The van der Waals surface area contributed by atoms with Gasteiger partial charge in [-0.05, 0) is 83.5 Å². The Hall–Kier alpha value is -3.15. The molecule has 6 heteroatoms. The van der Waals surface area contributed by atoms with Crippen molar-refractivity contribution in [2.45, 2.75) is 258 Å². The molecule has 0 aliphatic heterocycles. The van der Waals surface area contributed by atoms with Gasteiger partial charge < -0.3 is 14.2 Å². The topological polar surface area (TPSA) is 78.9 Å². The second kappa shape index (κ2) is 51.5. The summed E-state index contributed by atoms with van der Waals surface area (Å²) in [5.41, 5.74) is 0. The summed E-state index contributed by atoms with van der Waals surface area (Å²) in [7, 11) is 0. The van der Waals surface area contributed by atoms with Crippen LogP contribution in [0.15, 0.2) is 72.9 Å². The third-order valence-corrected chi connectivity index (χ3v) is 11.2. The number of esters is 3. The molecule has 0 aromatic rings. The van der Waals surface area contributed by atoms with Crippen LogP contribution in [-0.2, 0) is 28.6 Å². The van der Waals surface area contributed by atoms with E-state index in [4.69, 9.17) is 14.2 Å². The third kappa shape index (κ3) is 49.7. The molecular formula is C57H98O6. The van der Waals surface area contributed by atoms with E-state index in [1.165, 1.54) is 141 Å². The predicted molar refractivity (Wildman–Crippen MR) is 270 cm³/mol. The molecule has 0 spiro atoms. The van der Waals surface area contributed by atoms with E-state index in [-0.39, 0.29) is 37.5 Å². The highest BCUT2D eigenvalue weighted by Gasteiger charge is 2.19. The monoisotopic (exact) mass is 879 g/mol. The fourth-order valence-electron chi connectivity index (χ4n) is 7.18. The number of carbonyl (C=O) groups excluding carboxylic acids is 3. The summed E-state index contributed by atoms with van der Waals surface area (Å²) in [5.74, 6) is -0.987. The molecule has 0 aliphatic rings. The lowest BCUT2D eigenvalue weighted by Gasteiger charge is -2.18. The standard InChI is InChI=1S/C57H98O6/c1-4-7-10-13-16-19-22-24-26-27-28-29-31-33-36-38-41-44-47-50-56(59)62-53-54(63-57(60)51-48-45-42-39-34-21-18-15-12-9-6-3)52-61-55(58)49-46-43-40-37-35-32-30-25-23-20-17-14-11-8-5-2/h16,19-20,23-24,26,28-29,33,36,41,44,54H,4-15,17-18,21-22,25,27,30-32,34-35,37-40,42-43,45-53H2,1-3H3/b19-16-,23-20-,26-24-,29-28-,36-33-,44-41-/t54-/m0/s1. The van der Waals surface area contributed by atoms with Gasteiger partial charge in [0.05, 0.1) is 0 Å². The Balaban J connectivity index is 4.46. The number of rotatable bonds is 47. The molecule has 0 rings (SSSR count). The molecular weight excluding hydrogens is 781 g/mol. The molecule has 0 unspecified atom stereocenters. The molecule has 0 aromatic carbocycles. The number of hydrogen-bond donors (Lipinski definition) is 0. The minimum absolute atomic E-state index is 0.0989. The van der Waals surface area contributed by atoms with Crippen LogP contribution in [0.4, 0.5) is 0 Å². The van der Waals surface area contributed by atoms with Gasteiger partial charge in [0.1, 0.15) is 13.2 Å². The van der Waals surface area contributed by atoms with Crippen LogP contribution in [-0.4, -0.2) is 37.2 Å². The Kier molecular flexibility index (Phi) is 48.9. The van der Waals surface area contributed by atoms with Crippen molar-refractivity contribution >= 4 is 17.9 Å². The van der Waals surface area contributed by atoms with E-state index in [2.05, 4.69) is 87.6 Å². The van der Waals surface area contributed by atoms with Gasteiger partial charge in [0, 0.05) is 19.3 Å². The zero-order valence-electron chi connectivity index (χ0n) is 41.3. The zero-order valence-corrected chi connectivity index (χ0v) is 41.3. The third-order valence-electron chi connectivity index (χ3n) is 11.2. The van der Waals surface area contributed by atoms with Crippen molar-refractivity contribution in [2.75, 3.05) is 13.2 Å². The fourth-order valence-corrected chi connectivity index (χ4v) is 7.18. The Bertz CT molecular complexity index is 1190. The van der Waals surface area contributed by atoms with Crippen LogP contribution in [0.2, 0.25) is 0 Å². The fraction of sp³-hybridized carbons (Fsp3) is 0.737. The zero-order chi connectivity index (χ0) is 45.8. The predicted octanol–water partition coefficient (Wildman–Crippen LogP) is 17.4. The van der Waals surface area contributed by atoms with Crippen molar-refractivity contribution < 1.29 is 28.6 Å². The first-order valence-corrected chi connectivity index (χ1v) is 26.4. The van der Waals surface area contributed by atoms with Crippen LogP contribution in [0.3, 0.4) is 0 Å². The summed E-state index contributed by atoms with van der Waals surface area (Å²) in [5, 5.41) is 0. The number of carbonyl (C=O) groups is 3. The van der Waals surface area contributed by atoms with E-state index in [9.17, 15) is 14.4 Å². The highest BCUT2D eigenvalue weighted by atomic mass is 16.6. The summed E-state index contributed by atoms with van der Waals surface area (Å²) >= 11 is 0. The van der Waals surface area contributed by atoms with E-state index < -0.39 is 6.10 Å². The SMILES string of the molecule is CCCCC/C=C\C/C=C\C/C=C\C/C=C\C/C=C\CCC(=O)OC[C@H](COC(=O)CCCCCCCCC/C=C\CCCCCC)OC(=O)CCCCCCCCCCCCC. The van der Waals surface area contributed by atoms with Gasteiger partial charge in [0.15, 0.2) is 6.10 Å². The van der Waals surface area contributed by atoms with E-state index in [0.717, 1.165) is 64.2 Å². The average molecular weight is 879 g/mol. The average Bonchev–Trinajstić information content (AvgIpc) is 3.28. The molecule has 0 saturated heterocycles. The molecule has 1 atom stereocenters. The van der Waals surface area contributed by atoms with Crippen molar-refractivity contribution in [1.82, 2.24) is 0 Å². The second-order valence-electron chi connectivity index (χ2n) is 17.4. The van der Waals surface area contributed by atoms with E-state index >= 15 is 0 Å².